The molecule has 4 atom stereocenters. The summed E-state index contributed by atoms with van der Waals surface area (Å²) in [6, 6.07) is 0. The molecule has 0 bridgehead atoms. The molecule has 21 heavy (non-hydrogen) atoms. The monoisotopic (exact) mass is 293 g/mol. The van der Waals surface area contributed by atoms with Gasteiger partial charge in [-0.25, -0.2) is 15.0 Å². The summed E-state index contributed by atoms with van der Waals surface area (Å²) in [5, 5.41) is 19.7. The minimum Gasteiger partial charge on any atom is -0.394 e. The first-order valence-electron chi connectivity index (χ1n) is 6.69. The number of ether oxygens (including phenoxy) is 2. The van der Waals surface area contributed by atoms with Gasteiger partial charge in [-0.3, -0.25) is 4.57 Å². The predicted molar refractivity (Wildman–Crippen MR) is 70.0 cm³/mol. The molecule has 2 saturated heterocycles. The second kappa shape index (κ2) is 4.34. The van der Waals surface area contributed by atoms with E-state index in [1.54, 1.807) is 4.57 Å². The molecule has 2 aromatic rings. The third kappa shape index (κ3) is 1.57. The molecule has 2 aliphatic rings. The van der Waals surface area contributed by atoms with Gasteiger partial charge in [0, 0.05) is 6.42 Å². The molecule has 2 aliphatic heterocycles. The lowest BCUT2D eigenvalue weighted by Gasteiger charge is -2.44. The van der Waals surface area contributed by atoms with Crippen LogP contribution in [0.2, 0.25) is 0 Å². The van der Waals surface area contributed by atoms with Crippen LogP contribution in [0.1, 0.15) is 12.6 Å². The number of hydrogen-bond donors (Lipinski definition) is 3. The van der Waals surface area contributed by atoms with Crippen molar-refractivity contribution in [3.63, 3.8) is 0 Å². The third-order valence-corrected chi connectivity index (χ3v) is 4.26. The van der Waals surface area contributed by atoms with Crippen LogP contribution < -0.4 is 5.73 Å². The first-order valence-corrected chi connectivity index (χ1v) is 6.69. The average molecular weight is 293 g/mol. The molecule has 0 amide bonds. The van der Waals surface area contributed by atoms with Gasteiger partial charge in [0.2, 0.25) is 0 Å². The molecule has 2 aromatic heterocycles. The Hall–Kier alpha value is -1.81. The molecule has 1 spiro atoms. The molecule has 9 nitrogen and oxygen atoms in total. The fourth-order valence-corrected chi connectivity index (χ4v) is 3.07. The Bertz CT molecular complexity index is 685. The van der Waals surface area contributed by atoms with Crippen LogP contribution in [0.3, 0.4) is 0 Å². The van der Waals surface area contributed by atoms with Crippen LogP contribution in [0.15, 0.2) is 12.7 Å². The Kier molecular flexibility index (Phi) is 2.67. The number of aliphatic hydroxyl groups is 2. The van der Waals surface area contributed by atoms with Crippen molar-refractivity contribution in [1.82, 2.24) is 19.5 Å². The highest BCUT2D eigenvalue weighted by molar-refractivity contribution is 5.81. The summed E-state index contributed by atoms with van der Waals surface area (Å²) in [7, 11) is 0. The van der Waals surface area contributed by atoms with Crippen LogP contribution in [0.4, 0.5) is 5.82 Å². The van der Waals surface area contributed by atoms with Crippen LogP contribution in [-0.4, -0.2) is 60.8 Å². The first kappa shape index (κ1) is 12.9. The number of rotatable bonds is 2. The van der Waals surface area contributed by atoms with Gasteiger partial charge in [-0.05, 0) is 0 Å². The zero-order chi connectivity index (χ0) is 14.6. The molecule has 1 unspecified atom stereocenters. The number of fused-ring (bicyclic) bond motifs is 1. The lowest BCUT2D eigenvalue weighted by Crippen LogP contribution is -2.56. The Morgan fingerprint density at radius 1 is 1.43 bits per heavy atom. The number of imidazole rings is 1. The van der Waals surface area contributed by atoms with Crippen molar-refractivity contribution in [2.45, 2.75) is 30.5 Å². The molecule has 4 heterocycles. The fourth-order valence-electron chi connectivity index (χ4n) is 3.07. The van der Waals surface area contributed by atoms with E-state index >= 15 is 0 Å². The summed E-state index contributed by atoms with van der Waals surface area (Å²) in [4.78, 5) is 12.3. The van der Waals surface area contributed by atoms with E-state index in [0.29, 0.717) is 24.2 Å². The Morgan fingerprint density at radius 3 is 2.90 bits per heavy atom. The second-order valence-corrected chi connectivity index (χ2v) is 5.29. The van der Waals surface area contributed by atoms with Gasteiger partial charge in [-0.2, -0.15) is 0 Å². The van der Waals surface area contributed by atoms with Crippen molar-refractivity contribution >= 4 is 17.0 Å². The number of nitrogen functional groups attached to an aromatic ring is 1. The molecule has 0 aromatic carbocycles. The van der Waals surface area contributed by atoms with Crippen molar-refractivity contribution in [2.24, 2.45) is 0 Å². The fraction of sp³-hybridized carbons (Fsp3) is 0.583. The normalized spacial score (nSPS) is 35.4. The highest BCUT2D eigenvalue weighted by Gasteiger charge is 2.61. The van der Waals surface area contributed by atoms with Gasteiger partial charge in [0.05, 0.1) is 19.5 Å². The summed E-state index contributed by atoms with van der Waals surface area (Å²) < 4.78 is 13.1. The topological polar surface area (TPSA) is 129 Å². The number of nitrogens with two attached hydrogens (primary N) is 1. The van der Waals surface area contributed by atoms with E-state index in [1.165, 1.54) is 12.7 Å². The molecule has 9 heteroatoms. The minimum absolute atomic E-state index is 0.277. The smallest absolute Gasteiger partial charge is 0.169 e. The molecule has 0 aliphatic carbocycles. The number of aliphatic hydroxyl groups excluding tert-OH is 2. The standard InChI is InChI=1S/C12H15N5O4/c13-9-7-10(15-4-14-9)17(5-16-7)11-12(1-2-20-12)8(19)6(3-18)21-11/h4-6,8,11,18-19H,1-3H2,(H2,13,14,15)/t6-,8-,11?,12-/m1/s1. The molecular formula is C12H15N5O4. The average Bonchev–Trinajstić information content (AvgIpc) is 2.97. The van der Waals surface area contributed by atoms with E-state index in [4.69, 9.17) is 15.2 Å². The van der Waals surface area contributed by atoms with E-state index in [1.807, 2.05) is 0 Å². The minimum atomic E-state index is -0.905. The van der Waals surface area contributed by atoms with Gasteiger partial charge in [0.25, 0.3) is 0 Å². The zero-order valence-corrected chi connectivity index (χ0v) is 11.1. The van der Waals surface area contributed by atoms with Gasteiger partial charge < -0.3 is 25.4 Å². The number of aromatic nitrogens is 4. The first-order chi connectivity index (χ1) is 10.2. The SMILES string of the molecule is Nc1ncnc2c1ncn2C1O[C@H](CO)[C@@H](O)[C@]12CCO2. The summed E-state index contributed by atoms with van der Waals surface area (Å²) in [6.45, 7) is 0.255. The van der Waals surface area contributed by atoms with Crippen LogP contribution in [0, 0.1) is 0 Å². The Morgan fingerprint density at radius 2 is 2.24 bits per heavy atom. The van der Waals surface area contributed by atoms with E-state index in [2.05, 4.69) is 15.0 Å². The van der Waals surface area contributed by atoms with Gasteiger partial charge in [-0.1, -0.05) is 0 Å². The maximum atomic E-state index is 10.4. The molecule has 0 saturated carbocycles. The maximum Gasteiger partial charge on any atom is 0.169 e. The van der Waals surface area contributed by atoms with Crippen LogP contribution in [0.5, 0.6) is 0 Å². The van der Waals surface area contributed by atoms with Gasteiger partial charge in [0.1, 0.15) is 29.7 Å². The number of hydrogen-bond acceptors (Lipinski definition) is 8. The second-order valence-electron chi connectivity index (χ2n) is 5.29. The number of nitrogens with zero attached hydrogens (tertiary/aromatic N) is 4. The van der Waals surface area contributed by atoms with E-state index in [-0.39, 0.29) is 12.4 Å². The van der Waals surface area contributed by atoms with E-state index in [9.17, 15) is 10.2 Å². The molecule has 4 rings (SSSR count). The van der Waals surface area contributed by atoms with E-state index < -0.39 is 24.0 Å². The molecule has 0 radical (unpaired) electrons. The Labute approximate surface area is 119 Å². The summed E-state index contributed by atoms with van der Waals surface area (Å²) in [5.74, 6) is 0.277. The van der Waals surface area contributed by atoms with E-state index in [0.717, 1.165) is 0 Å². The van der Waals surface area contributed by atoms with Crippen LogP contribution in [-0.2, 0) is 9.47 Å². The molecule has 4 N–H and O–H groups in total. The quantitative estimate of drug-likeness (QED) is 0.631. The van der Waals surface area contributed by atoms with Crippen molar-refractivity contribution in [3.8, 4) is 0 Å². The largest absolute Gasteiger partial charge is 0.394 e. The third-order valence-electron chi connectivity index (χ3n) is 4.26. The molecular weight excluding hydrogens is 278 g/mol. The lowest BCUT2D eigenvalue weighted by atomic mass is 9.86. The summed E-state index contributed by atoms with van der Waals surface area (Å²) in [6.07, 6.45) is 1.30. The summed E-state index contributed by atoms with van der Waals surface area (Å²) >= 11 is 0. The predicted octanol–water partition coefficient (Wildman–Crippen LogP) is -1.18. The van der Waals surface area contributed by atoms with Crippen molar-refractivity contribution in [3.05, 3.63) is 12.7 Å². The Balaban J connectivity index is 1.82. The maximum absolute atomic E-state index is 10.4. The molecule has 2 fully saturated rings. The highest BCUT2D eigenvalue weighted by Crippen LogP contribution is 2.49. The zero-order valence-electron chi connectivity index (χ0n) is 11.1. The van der Waals surface area contributed by atoms with Crippen LogP contribution in [0.25, 0.3) is 11.2 Å². The van der Waals surface area contributed by atoms with Crippen molar-refractivity contribution in [2.75, 3.05) is 18.9 Å². The summed E-state index contributed by atoms with van der Waals surface area (Å²) in [5.41, 5.74) is 5.88. The van der Waals surface area contributed by atoms with Gasteiger partial charge >= 0.3 is 0 Å². The van der Waals surface area contributed by atoms with Gasteiger partial charge in [-0.15, -0.1) is 0 Å². The van der Waals surface area contributed by atoms with Gasteiger partial charge in [0.15, 0.2) is 17.7 Å². The highest BCUT2D eigenvalue weighted by atomic mass is 16.6. The van der Waals surface area contributed by atoms with Crippen LogP contribution >= 0.6 is 0 Å². The number of anilines is 1. The van der Waals surface area contributed by atoms with Crippen molar-refractivity contribution < 1.29 is 19.7 Å². The van der Waals surface area contributed by atoms with Crippen molar-refractivity contribution in [1.29, 1.82) is 0 Å². The lowest BCUT2D eigenvalue weighted by molar-refractivity contribution is -0.225. The molecule has 112 valence electrons.